The zero-order valence-corrected chi connectivity index (χ0v) is 20.3. The van der Waals surface area contributed by atoms with E-state index >= 15 is 0 Å². The molecule has 178 valence electrons. The van der Waals surface area contributed by atoms with E-state index in [2.05, 4.69) is 12.6 Å². The third-order valence-electron chi connectivity index (χ3n) is 5.59. The molecule has 0 spiro atoms. The van der Waals surface area contributed by atoms with Crippen LogP contribution in [-0.2, 0) is 14.3 Å². The Kier molecular flexibility index (Phi) is 24.0. The van der Waals surface area contributed by atoms with E-state index in [9.17, 15) is 9.59 Å². The van der Waals surface area contributed by atoms with Crippen LogP contribution >= 0.6 is 12.6 Å². The molecule has 0 fully saturated rings. The van der Waals surface area contributed by atoms with Gasteiger partial charge in [-0.3, -0.25) is 9.59 Å². The number of thiol groups is 1. The van der Waals surface area contributed by atoms with Crippen molar-refractivity contribution in [1.29, 1.82) is 0 Å². The lowest BCUT2D eigenvalue weighted by atomic mass is 10.1. The second-order valence-corrected chi connectivity index (χ2v) is 9.00. The molecule has 5 heteroatoms. The summed E-state index contributed by atoms with van der Waals surface area (Å²) in [5.41, 5.74) is 0. The van der Waals surface area contributed by atoms with Gasteiger partial charge in [0.1, 0.15) is 0 Å². The van der Waals surface area contributed by atoms with Gasteiger partial charge in [0.25, 0.3) is 0 Å². The molecule has 0 amide bonds. The Balaban J connectivity index is 3.16. The molecule has 0 unspecified atom stereocenters. The van der Waals surface area contributed by atoms with Gasteiger partial charge in [-0.15, -0.1) is 0 Å². The van der Waals surface area contributed by atoms with Crippen molar-refractivity contribution in [2.24, 2.45) is 0 Å². The van der Waals surface area contributed by atoms with Crippen molar-refractivity contribution in [2.75, 3.05) is 12.4 Å². The summed E-state index contributed by atoms with van der Waals surface area (Å²) in [6, 6.07) is 0. The van der Waals surface area contributed by atoms with E-state index in [0.717, 1.165) is 44.3 Å². The highest BCUT2D eigenvalue weighted by molar-refractivity contribution is 7.80. The third-order valence-corrected chi connectivity index (χ3v) is 5.90. The first-order valence-electron chi connectivity index (χ1n) is 12.6. The average Bonchev–Trinajstić information content (AvgIpc) is 2.72. The first kappa shape index (κ1) is 29.3. The van der Waals surface area contributed by atoms with E-state index in [1.54, 1.807) is 0 Å². The van der Waals surface area contributed by atoms with Crippen LogP contribution in [-0.4, -0.2) is 29.4 Å². The van der Waals surface area contributed by atoms with Gasteiger partial charge >= 0.3 is 11.9 Å². The average molecular weight is 445 g/mol. The molecular weight excluding hydrogens is 396 g/mol. The number of carboxylic acid groups (broad SMARTS) is 1. The van der Waals surface area contributed by atoms with Gasteiger partial charge in [-0.25, -0.2) is 0 Å². The molecule has 0 aliphatic carbocycles. The second-order valence-electron chi connectivity index (χ2n) is 8.56. The molecule has 0 saturated heterocycles. The number of carbonyl (C=O) groups excluding carboxylic acids is 1. The number of hydrogen-bond acceptors (Lipinski definition) is 4. The van der Waals surface area contributed by atoms with Crippen LogP contribution in [0.25, 0.3) is 0 Å². The molecule has 0 heterocycles. The SMILES string of the molecule is O=C(O)CCCCCCCCCCCCC(=O)OCCCCCCCCCCCS. The molecule has 0 aliphatic rings. The molecule has 0 rings (SSSR count). The van der Waals surface area contributed by atoms with Crippen LogP contribution in [0.5, 0.6) is 0 Å². The van der Waals surface area contributed by atoms with Crippen LogP contribution in [0.4, 0.5) is 0 Å². The molecule has 0 bridgehead atoms. The summed E-state index contributed by atoms with van der Waals surface area (Å²) in [5.74, 6) is 0.301. The molecule has 0 aliphatic heterocycles. The van der Waals surface area contributed by atoms with E-state index in [4.69, 9.17) is 9.84 Å². The van der Waals surface area contributed by atoms with Gasteiger partial charge < -0.3 is 9.84 Å². The molecule has 30 heavy (non-hydrogen) atoms. The van der Waals surface area contributed by atoms with Crippen LogP contribution in [0.3, 0.4) is 0 Å². The Morgan fingerprint density at radius 2 is 0.900 bits per heavy atom. The second kappa shape index (κ2) is 24.6. The molecule has 0 aromatic heterocycles. The number of aliphatic carboxylic acids is 1. The summed E-state index contributed by atoms with van der Waals surface area (Å²) in [5, 5.41) is 8.58. The summed E-state index contributed by atoms with van der Waals surface area (Å²) in [6.45, 7) is 0.591. The Morgan fingerprint density at radius 1 is 0.533 bits per heavy atom. The van der Waals surface area contributed by atoms with Crippen LogP contribution < -0.4 is 0 Å². The minimum Gasteiger partial charge on any atom is -0.481 e. The largest absolute Gasteiger partial charge is 0.481 e. The number of carbonyl (C=O) groups is 2. The Labute approximate surface area is 191 Å². The molecule has 4 nitrogen and oxygen atoms in total. The van der Waals surface area contributed by atoms with E-state index in [0.29, 0.717) is 19.4 Å². The fourth-order valence-corrected chi connectivity index (χ4v) is 3.89. The van der Waals surface area contributed by atoms with Gasteiger partial charge in [0.05, 0.1) is 6.61 Å². The first-order valence-corrected chi connectivity index (χ1v) is 13.3. The summed E-state index contributed by atoms with van der Waals surface area (Å²) >= 11 is 4.23. The minimum atomic E-state index is -0.684. The van der Waals surface area contributed by atoms with Crippen LogP contribution in [0.2, 0.25) is 0 Å². The normalized spacial score (nSPS) is 11.0. The molecule has 0 atom stereocenters. The van der Waals surface area contributed by atoms with Crippen molar-refractivity contribution in [3.8, 4) is 0 Å². The fourth-order valence-electron chi connectivity index (χ4n) is 3.67. The van der Waals surface area contributed by atoms with Crippen molar-refractivity contribution in [2.45, 2.75) is 135 Å². The van der Waals surface area contributed by atoms with Gasteiger partial charge in [0.2, 0.25) is 0 Å². The molecule has 1 N–H and O–H groups in total. The minimum absolute atomic E-state index is 0.0273. The molecule has 0 saturated carbocycles. The number of hydrogen-bond donors (Lipinski definition) is 2. The molecular formula is C25H48O4S. The number of unbranched alkanes of at least 4 members (excludes halogenated alkanes) is 17. The number of carboxylic acids is 1. The highest BCUT2D eigenvalue weighted by atomic mass is 32.1. The maximum atomic E-state index is 11.7. The van der Waals surface area contributed by atoms with E-state index in [1.807, 2.05) is 0 Å². The maximum Gasteiger partial charge on any atom is 0.305 e. The van der Waals surface area contributed by atoms with Crippen molar-refractivity contribution >= 4 is 24.6 Å². The van der Waals surface area contributed by atoms with Gasteiger partial charge in [0, 0.05) is 12.8 Å². The van der Waals surface area contributed by atoms with E-state index in [1.165, 1.54) is 83.5 Å². The lowest BCUT2D eigenvalue weighted by Crippen LogP contribution is -2.05. The van der Waals surface area contributed by atoms with Crippen LogP contribution in [0, 0.1) is 0 Å². The summed E-state index contributed by atoms with van der Waals surface area (Å²) in [7, 11) is 0. The van der Waals surface area contributed by atoms with E-state index in [-0.39, 0.29) is 5.97 Å². The number of esters is 1. The van der Waals surface area contributed by atoms with Crippen molar-refractivity contribution in [3.05, 3.63) is 0 Å². The van der Waals surface area contributed by atoms with Crippen LogP contribution in [0.1, 0.15) is 135 Å². The number of ether oxygens (including phenoxy) is 1. The predicted octanol–water partition coefficient (Wildman–Crippen LogP) is 7.74. The maximum absolute atomic E-state index is 11.7. The van der Waals surface area contributed by atoms with Crippen molar-refractivity contribution in [3.63, 3.8) is 0 Å². The zero-order chi connectivity index (χ0) is 22.1. The zero-order valence-electron chi connectivity index (χ0n) is 19.4. The highest BCUT2D eigenvalue weighted by Gasteiger charge is 2.02. The Bertz CT molecular complexity index is 387. The standard InChI is InChI=1S/C25H48O4S/c26-24(27)20-16-12-8-4-1-2-5-9-13-17-21-25(28)29-22-18-14-10-6-3-7-11-15-19-23-30/h30H,1-23H2,(H,26,27). The van der Waals surface area contributed by atoms with Gasteiger partial charge in [-0.1, -0.05) is 96.3 Å². The highest BCUT2D eigenvalue weighted by Crippen LogP contribution is 2.13. The van der Waals surface area contributed by atoms with Crippen molar-refractivity contribution in [1.82, 2.24) is 0 Å². The third kappa shape index (κ3) is 25.3. The monoisotopic (exact) mass is 444 g/mol. The quantitative estimate of drug-likeness (QED) is 0.0908. The topological polar surface area (TPSA) is 63.6 Å². The predicted molar refractivity (Wildman–Crippen MR) is 129 cm³/mol. The molecule has 0 aromatic rings. The fraction of sp³-hybridized carbons (Fsp3) is 0.920. The summed E-state index contributed by atoms with van der Waals surface area (Å²) < 4.78 is 5.34. The summed E-state index contributed by atoms with van der Waals surface area (Å²) in [6.07, 6.45) is 23.4. The van der Waals surface area contributed by atoms with Gasteiger partial charge in [-0.05, 0) is 31.4 Å². The lowest BCUT2D eigenvalue weighted by Gasteiger charge is -2.05. The lowest BCUT2D eigenvalue weighted by molar-refractivity contribution is -0.144. The molecule has 0 aromatic carbocycles. The Morgan fingerprint density at radius 3 is 1.33 bits per heavy atom. The first-order chi connectivity index (χ1) is 14.7. The van der Waals surface area contributed by atoms with E-state index < -0.39 is 5.97 Å². The van der Waals surface area contributed by atoms with Crippen molar-refractivity contribution < 1.29 is 19.4 Å². The van der Waals surface area contributed by atoms with Gasteiger partial charge in [-0.2, -0.15) is 12.6 Å². The summed E-state index contributed by atoms with van der Waals surface area (Å²) in [4.78, 5) is 22.2. The Hall–Kier alpha value is -0.710. The molecule has 0 radical (unpaired) electrons. The number of rotatable bonds is 24. The van der Waals surface area contributed by atoms with Gasteiger partial charge in [0.15, 0.2) is 0 Å². The smallest absolute Gasteiger partial charge is 0.305 e. The van der Waals surface area contributed by atoms with Crippen LogP contribution in [0.15, 0.2) is 0 Å².